The van der Waals surface area contributed by atoms with Crippen LogP contribution in [0.3, 0.4) is 0 Å². The van der Waals surface area contributed by atoms with Crippen LogP contribution in [0.1, 0.15) is 5.56 Å². The van der Waals surface area contributed by atoms with Crippen molar-refractivity contribution in [1.82, 2.24) is 0 Å². The Balaban J connectivity index is 2.04. The molecule has 0 fully saturated rings. The molecule has 0 bridgehead atoms. The summed E-state index contributed by atoms with van der Waals surface area (Å²) in [4.78, 5) is 1.17. The average Bonchev–Trinajstić information content (AvgIpc) is 2.40. The van der Waals surface area contributed by atoms with Crippen LogP contribution in [0, 0.1) is 5.82 Å². The van der Waals surface area contributed by atoms with Crippen LogP contribution in [0.25, 0.3) is 0 Å². The van der Waals surface area contributed by atoms with Gasteiger partial charge < -0.3 is 10.5 Å². The first-order valence-electron chi connectivity index (χ1n) is 5.50. The highest BCUT2D eigenvalue weighted by Crippen LogP contribution is 2.21. The lowest BCUT2D eigenvalue weighted by atomic mass is 10.2. The highest BCUT2D eigenvalue weighted by Gasteiger charge is 2.02. The zero-order valence-electron chi connectivity index (χ0n) is 10.0. The molecule has 0 atom stereocenters. The summed E-state index contributed by atoms with van der Waals surface area (Å²) >= 11 is 1.67. The minimum absolute atomic E-state index is 0.266. The van der Waals surface area contributed by atoms with E-state index in [1.54, 1.807) is 17.8 Å². The number of benzene rings is 2. The second kappa shape index (κ2) is 5.78. The lowest BCUT2D eigenvalue weighted by Crippen LogP contribution is -2.00. The molecule has 0 aromatic heterocycles. The minimum atomic E-state index is -0.305. The second-order valence-electron chi connectivity index (χ2n) is 3.81. The summed E-state index contributed by atoms with van der Waals surface area (Å²) in [6, 6.07) is 12.0. The van der Waals surface area contributed by atoms with Crippen LogP contribution in [-0.2, 0) is 6.61 Å². The van der Waals surface area contributed by atoms with Crippen molar-refractivity contribution < 1.29 is 9.13 Å². The molecular formula is C14H14FNOS. The fourth-order valence-corrected chi connectivity index (χ4v) is 1.94. The molecule has 0 saturated carbocycles. The normalized spacial score (nSPS) is 10.3. The maximum absolute atomic E-state index is 13.1. The Bertz CT molecular complexity index is 528. The topological polar surface area (TPSA) is 35.2 Å². The van der Waals surface area contributed by atoms with Gasteiger partial charge in [0.15, 0.2) is 0 Å². The summed E-state index contributed by atoms with van der Waals surface area (Å²) in [5.41, 5.74) is 6.94. The number of nitrogens with two attached hydrogens (primary N) is 1. The lowest BCUT2D eigenvalue weighted by molar-refractivity contribution is 0.306. The third kappa shape index (κ3) is 3.17. The zero-order chi connectivity index (χ0) is 13.0. The molecule has 0 aliphatic carbocycles. The Labute approximate surface area is 110 Å². The number of hydrogen-bond donors (Lipinski definition) is 1. The summed E-state index contributed by atoms with van der Waals surface area (Å²) in [6.45, 7) is 0.266. The zero-order valence-corrected chi connectivity index (χ0v) is 10.8. The van der Waals surface area contributed by atoms with E-state index >= 15 is 0 Å². The first-order chi connectivity index (χ1) is 8.69. The number of nitrogen functional groups attached to an aromatic ring is 1. The third-order valence-electron chi connectivity index (χ3n) is 2.56. The van der Waals surface area contributed by atoms with Crippen molar-refractivity contribution in [3.8, 4) is 5.75 Å². The quantitative estimate of drug-likeness (QED) is 0.674. The summed E-state index contributed by atoms with van der Waals surface area (Å²) in [7, 11) is 0. The first kappa shape index (κ1) is 12.8. The number of thioether (sulfide) groups is 1. The van der Waals surface area contributed by atoms with Crippen LogP contribution in [0.4, 0.5) is 10.1 Å². The largest absolute Gasteiger partial charge is 0.489 e. The maximum Gasteiger partial charge on any atom is 0.123 e. The smallest absolute Gasteiger partial charge is 0.123 e. The number of hydrogen-bond acceptors (Lipinski definition) is 3. The minimum Gasteiger partial charge on any atom is -0.489 e. The summed E-state index contributed by atoms with van der Waals surface area (Å²) in [5, 5.41) is 0. The molecule has 0 amide bonds. The van der Waals surface area contributed by atoms with E-state index in [9.17, 15) is 4.39 Å². The fraction of sp³-hybridized carbons (Fsp3) is 0.143. The van der Waals surface area contributed by atoms with Gasteiger partial charge in [-0.3, -0.25) is 0 Å². The van der Waals surface area contributed by atoms with Gasteiger partial charge in [-0.2, -0.15) is 0 Å². The summed E-state index contributed by atoms with van der Waals surface area (Å²) in [5.74, 6) is 0.442. The van der Waals surface area contributed by atoms with Crippen molar-refractivity contribution >= 4 is 17.4 Å². The molecule has 0 heterocycles. The van der Waals surface area contributed by atoms with Crippen LogP contribution in [0.15, 0.2) is 47.4 Å². The Morgan fingerprint density at radius 2 is 1.89 bits per heavy atom. The highest BCUT2D eigenvalue weighted by atomic mass is 32.2. The van der Waals surface area contributed by atoms with Crippen molar-refractivity contribution in [2.24, 2.45) is 0 Å². The molecule has 2 aromatic carbocycles. The molecule has 0 saturated heterocycles. The number of anilines is 1. The molecule has 18 heavy (non-hydrogen) atoms. The monoisotopic (exact) mass is 263 g/mol. The van der Waals surface area contributed by atoms with Crippen molar-refractivity contribution in [3.05, 3.63) is 53.8 Å². The SMILES string of the molecule is CSc1ccc(OCc2cc(F)ccc2N)cc1. The highest BCUT2D eigenvalue weighted by molar-refractivity contribution is 7.98. The van der Waals surface area contributed by atoms with Gasteiger partial charge in [0.1, 0.15) is 18.2 Å². The molecule has 94 valence electrons. The standard InChI is InChI=1S/C14H14FNOS/c1-18-13-5-3-12(4-6-13)17-9-10-8-11(15)2-7-14(10)16/h2-8H,9,16H2,1H3. The van der Waals surface area contributed by atoms with Crippen LogP contribution in [0.5, 0.6) is 5.75 Å². The number of rotatable bonds is 4. The lowest BCUT2D eigenvalue weighted by Gasteiger charge is -2.09. The van der Waals surface area contributed by atoms with Gasteiger partial charge in [-0.05, 0) is 48.7 Å². The van der Waals surface area contributed by atoms with Gasteiger partial charge in [-0.25, -0.2) is 4.39 Å². The van der Waals surface area contributed by atoms with Crippen LogP contribution in [-0.4, -0.2) is 6.26 Å². The fourth-order valence-electron chi connectivity index (χ4n) is 1.53. The predicted octanol–water partition coefficient (Wildman–Crippen LogP) is 3.71. The van der Waals surface area contributed by atoms with Gasteiger partial charge in [0.05, 0.1) is 0 Å². The van der Waals surface area contributed by atoms with E-state index in [0.717, 1.165) is 5.75 Å². The third-order valence-corrected chi connectivity index (χ3v) is 3.30. The van der Waals surface area contributed by atoms with E-state index < -0.39 is 0 Å². The summed E-state index contributed by atoms with van der Waals surface area (Å²) < 4.78 is 18.6. The Morgan fingerprint density at radius 3 is 2.56 bits per heavy atom. The average molecular weight is 263 g/mol. The van der Waals surface area contributed by atoms with Gasteiger partial charge in [0.25, 0.3) is 0 Å². The van der Waals surface area contributed by atoms with Crippen molar-refractivity contribution in [2.45, 2.75) is 11.5 Å². The molecule has 0 aliphatic heterocycles. The first-order valence-corrected chi connectivity index (χ1v) is 6.72. The second-order valence-corrected chi connectivity index (χ2v) is 4.69. The van der Waals surface area contributed by atoms with Gasteiger partial charge in [-0.1, -0.05) is 0 Å². The van der Waals surface area contributed by atoms with E-state index in [2.05, 4.69) is 0 Å². The molecule has 4 heteroatoms. The maximum atomic E-state index is 13.1. The van der Waals surface area contributed by atoms with Crippen LogP contribution in [0.2, 0.25) is 0 Å². The number of halogens is 1. The van der Waals surface area contributed by atoms with E-state index in [4.69, 9.17) is 10.5 Å². The summed E-state index contributed by atoms with van der Waals surface area (Å²) in [6.07, 6.45) is 2.02. The number of ether oxygens (including phenoxy) is 1. The Hall–Kier alpha value is -1.68. The molecule has 2 nitrogen and oxygen atoms in total. The molecule has 0 radical (unpaired) electrons. The molecular weight excluding hydrogens is 249 g/mol. The van der Waals surface area contributed by atoms with Crippen LogP contribution >= 0.6 is 11.8 Å². The van der Waals surface area contributed by atoms with E-state index in [1.165, 1.54) is 17.0 Å². The molecule has 0 unspecified atom stereocenters. The Morgan fingerprint density at radius 1 is 1.17 bits per heavy atom. The van der Waals surface area contributed by atoms with Crippen molar-refractivity contribution in [3.63, 3.8) is 0 Å². The van der Waals surface area contributed by atoms with Crippen molar-refractivity contribution in [1.29, 1.82) is 0 Å². The van der Waals surface area contributed by atoms with E-state index in [1.807, 2.05) is 30.5 Å². The predicted molar refractivity (Wildman–Crippen MR) is 73.4 cm³/mol. The van der Waals surface area contributed by atoms with Gasteiger partial charge in [0, 0.05) is 16.1 Å². The van der Waals surface area contributed by atoms with E-state index in [0.29, 0.717) is 11.3 Å². The van der Waals surface area contributed by atoms with Crippen molar-refractivity contribution in [2.75, 3.05) is 12.0 Å². The molecule has 2 rings (SSSR count). The van der Waals surface area contributed by atoms with Gasteiger partial charge >= 0.3 is 0 Å². The Kier molecular flexibility index (Phi) is 4.10. The van der Waals surface area contributed by atoms with E-state index in [-0.39, 0.29) is 12.4 Å². The molecule has 2 N–H and O–H groups in total. The van der Waals surface area contributed by atoms with Gasteiger partial charge in [-0.15, -0.1) is 11.8 Å². The van der Waals surface area contributed by atoms with Gasteiger partial charge in [0.2, 0.25) is 0 Å². The molecule has 0 spiro atoms. The molecule has 0 aliphatic rings. The molecule has 2 aromatic rings. The van der Waals surface area contributed by atoms with Crippen LogP contribution < -0.4 is 10.5 Å².